The minimum absolute atomic E-state index is 0.0678. The van der Waals surface area contributed by atoms with Crippen LogP contribution >= 0.6 is 0 Å². The van der Waals surface area contributed by atoms with E-state index in [4.69, 9.17) is 4.74 Å². The van der Waals surface area contributed by atoms with E-state index in [1.54, 1.807) is 37.1 Å². The Morgan fingerprint density at radius 2 is 1.95 bits per heavy atom. The van der Waals surface area contributed by atoms with E-state index in [1.807, 2.05) is 7.05 Å². The highest BCUT2D eigenvalue weighted by atomic mass is 19.2. The van der Waals surface area contributed by atoms with Gasteiger partial charge in [-0.2, -0.15) is 0 Å². The molecule has 4 aromatic heterocycles. The zero-order chi connectivity index (χ0) is 29.4. The molecule has 2 aliphatic rings. The maximum atomic E-state index is 15.7. The summed E-state index contributed by atoms with van der Waals surface area (Å²) in [6, 6.07) is 2.82. The van der Waals surface area contributed by atoms with Crippen LogP contribution in [0.25, 0.3) is 44.1 Å². The number of aromatic nitrogens is 4. The fourth-order valence-electron chi connectivity index (χ4n) is 6.44. The number of fused-ring (bicyclic) bond motifs is 5. The quantitative estimate of drug-likeness (QED) is 0.238. The Balaban J connectivity index is 1.54. The summed E-state index contributed by atoms with van der Waals surface area (Å²) < 4.78 is 38.2. The van der Waals surface area contributed by atoms with Crippen molar-refractivity contribution >= 4 is 44.3 Å². The number of morpholine rings is 1. The van der Waals surface area contributed by atoms with E-state index in [2.05, 4.69) is 30.1 Å². The second-order valence-corrected chi connectivity index (χ2v) is 10.9. The fraction of sp³-hybridized carbons (Fsp3) is 0.345. The summed E-state index contributed by atoms with van der Waals surface area (Å²) in [5.74, 6) is -1.99. The first-order valence-corrected chi connectivity index (χ1v) is 13.6. The first-order valence-electron chi connectivity index (χ1n) is 13.6. The molecule has 2 aliphatic heterocycles. The Hall–Kier alpha value is -4.17. The minimum atomic E-state index is -1.96. The molecule has 0 saturated carbocycles. The van der Waals surface area contributed by atoms with Crippen molar-refractivity contribution in [2.45, 2.75) is 18.4 Å². The Morgan fingerprint density at radius 1 is 1.14 bits per heavy atom. The highest BCUT2D eigenvalue weighted by Gasteiger charge is 2.40. The van der Waals surface area contributed by atoms with Crippen LogP contribution in [0.1, 0.15) is 11.9 Å². The molecular formula is C29H29F2N7O4. The van der Waals surface area contributed by atoms with Gasteiger partial charge in [0.2, 0.25) is 0 Å². The Morgan fingerprint density at radius 3 is 2.69 bits per heavy atom. The summed E-state index contributed by atoms with van der Waals surface area (Å²) >= 11 is 0. The molecule has 0 spiro atoms. The van der Waals surface area contributed by atoms with Crippen molar-refractivity contribution in [3.05, 3.63) is 58.1 Å². The number of benzene rings is 1. The molecule has 0 radical (unpaired) electrons. The van der Waals surface area contributed by atoms with Crippen molar-refractivity contribution in [2.24, 2.45) is 7.05 Å². The third-order valence-electron chi connectivity index (χ3n) is 8.56. The number of nitrogens with zero attached hydrogens (tertiary/aromatic N) is 5. The van der Waals surface area contributed by atoms with Crippen molar-refractivity contribution in [3.8, 4) is 11.1 Å². The number of ether oxygens (including phenoxy) is 1. The number of likely N-dealkylation sites (N-methyl/N-ethyl adjacent to an activating group) is 1. The van der Waals surface area contributed by atoms with Crippen LogP contribution in [-0.4, -0.2) is 87.1 Å². The largest absolute Gasteiger partial charge is 0.386 e. The minimum Gasteiger partial charge on any atom is -0.386 e. The summed E-state index contributed by atoms with van der Waals surface area (Å²) in [5, 5.41) is 23.2. The number of aromatic amines is 1. The maximum absolute atomic E-state index is 15.7. The molecule has 2 atom stereocenters. The predicted octanol–water partition coefficient (Wildman–Crippen LogP) is 2.45. The van der Waals surface area contributed by atoms with Crippen LogP contribution in [0.2, 0.25) is 0 Å². The van der Waals surface area contributed by atoms with Crippen LogP contribution in [0.3, 0.4) is 0 Å². The highest BCUT2D eigenvalue weighted by molar-refractivity contribution is 6.18. The number of hydrogen-bond donors (Lipinski definition) is 4. The van der Waals surface area contributed by atoms with Crippen LogP contribution < -0.4 is 15.6 Å². The molecule has 42 heavy (non-hydrogen) atoms. The van der Waals surface area contributed by atoms with Gasteiger partial charge in [0.05, 0.1) is 57.4 Å². The summed E-state index contributed by atoms with van der Waals surface area (Å²) in [6.07, 6.45) is 2.52. The zero-order valence-electron chi connectivity index (χ0n) is 23.2. The van der Waals surface area contributed by atoms with E-state index < -0.39 is 23.4 Å². The summed E-state index contributed by atoms with van der Waals surface area (Å²) in [5.41, 5.74) is 2.44. The van der Waals surface area contributed by atoms with Gasteiger partial charge in [0.1, 0.15) is 11.3 Å². The number of hydrogen-bond acceptors (Lipinski definition) is 9. The number of aryl methyl sites for hydroxylation is 1. The van der Waals surface area contributed by atoms with Crippen molar-refractivity contribution in [3.63, 3.8) is 0 Å². The first kappa shape index (κ1) is 26.7. The predicted molar refractivity (Wildman–Crippen MR) is 155 cm³/mol. The second-order valence-electron chi connectivity index (χ2n) is 10.9. The summed E-state index contributed by atoms with van der Waals surface area (Å²) in [6.45, 7) is 2.45. The van der Waals surface area contributed by atoms with Crippen molar-refractivity contribution in [2.75, 3.05) is 50.6 Å². The second kappa shape index (κ2) is 9.70. The molecule has 13 heteroatoms. The van der Waals surface area contributed by atoms with Gasteiger partial charge in [0.25, 0.3) is 0 Å². The molecule has 5 aromatic rings. The van der Waals surface area contributed by atoms with E-state index >= 15 is 4.39 Å². The van der Waals surface area contributed by atoms with Gasteiger partial charge in [-0.25, -0.2) is 18.7 Å². The zero-order valence-corrected chi connectivity index (χ0v) is 23.2. The van der Waals surface area contributed by atoms with Gasteiger partial charge in [-0.1, -0.05) is 0 Å². The first-order chi connectivity index (χ1) is 20.2. The molecule has 0 aliphatic carbocycles. The van der Waals surface area contributed by atoms with Gasteiger partial charge in [-0.15, -0.1) is 0 Å². The standard InChI is InChI=1S/C29H29F2N7O4/c1-32-18-7-17(30)23(31)21-22-25(38-11-19-20(12-38)42-5-4-36(19)2)15(9-33-27(22)35-24(18)21)13-6-14-26(39)16(29(40)41)10-37(3)28(14)34-8-13/h6-10,19-20,29,32,40-41H,4-5,11-12H2,1-3H3,(H,33,35)/t19-,20+/m1/s1. The number of halogens is 2. The number of H-pyrrole nitrogens is 1. The lowest BCUT2D eigenvalue weighted by Gasteiger charge is -2.33. The molecule has 4 N–H and O–H groups in total. The molecule has 11 nitrogen and oxygen atoms in total. The van der Waals surface area contributed by atoms with E-state index in [1.165, 1.54) is 6.20 Å². The molecule has 6 heterocycles. The number of aliphatic hydroxyl groups is 2. The van der Waals surface area contributed by atoms with Crippen LogP contribution in [0, 0.1) is 11.6 Å². The fourth-order valence-corrected chi connectivity index (χ4v) is 6.44. The lowest BCUT2D eigenvalue weighted by atomic mass is 10.0. The van der Waals surface area contributed by atoms with Gasteiger partial charge in [-0.05, 0) is 13.1 Å². The average Bonchev–Trinajstić information content (AvgIpc) is 3.59. The monoisotopic (exact) mass is 577 g/mol. The average molecular weight is 578 g/mol. The molecule has 218 valence electrons. The van der Waals surface area contributed by atoms with Crippen molar-refractivity contribution in [1.82, 2.24) is 24.4 Å². The van der Waals surface area contributed by atoms with Gasteiger partial charge >= 0.3 is 0 Å². The van der Waals surface area contributed by atoms with E-state index in [-0.39, 0.29) is 28.5 Å². The number of nitrogens with one attached hydrogen (secondary N) is 2. The van der Waals surface area contributed by atoms with E-state index in [0.717, 1.165) is 12.6 Å². The Labute approximate surface area is 238 Å². The van der Waals surface area contributed by atoms with Crippen LogP contribution in [0.4, 0.5) is 20.2 Å². The lowest BCUT2D eigenvalue weighted by molar-refractivity contribution is -0.0435. The summed E-state index contributed by atoms with van der Waals surface area (Å²) in [4.78, 5) is 29.9. The number of anilines is 2. The van der Waals surface area contributed by atoms with Gasteiger partial charge in [0, 0.05) is 69.5 Å². The van der Waals surface area contributed by atoms with Gasteiger partial charge in [-0.3, -0.25) is 9.69 Å². The molecular weight excluding hydrogens is 548 g/mol. The van der Waals surface area contributed by atoms with Crippen molar-refractivity contribution in [1.29, 1.82) is 0 Å². The Kier molecular flexibility index (Phi) is 6.17. The van der Waals surface area contributed by atoms with Crippen molar-refractivity contribution < 1.29 is 23.7 Å². The maximum Gasteiger partial charge on any atom is 0.199 e. The number of pyridine rings is 3. The molecule has 0 bridgehead atoms. The lowest BCUT2D eigenvalue weighted by Crippen LogP contribution is -2.48. The van der Waals surface area contributed by atoms with Gasteiger partial charge < -0.3 is 34.7 Å². The molecule has 0 unspecified atom stereocenters. The normalized spacial score (nSPS) is 19.5. The summed E-state index contributed by atoms with van der Waals surface area (Å²) in [7, 11) is 5.34. The van der Waals surface area contributed by atoms with E-state index in [9.17, 15) is 19.4 Å². The topological polar surface area (TPSA) is 132 Å². The smallest absolute Gasteiger partial charge is 0.199 e. The molecule has 0 amide bonds. The van der Waals surface area contributed by atoms with E-state index in [0.29, 0.717) is 64.4 Å². The third-order valence-corrected chi connectivity index (χ3v) is 8.56. The molecule has 2 fully saturated rings. The Bertz CT molecular complexity index is 1960. The van der Waals surface area contributed by atoms with Gasteiger partial charge in [0.15, 0.2) is 23.4 Å². The number of aliphatic hydroxyl groups excluding tert-OH is 1. The highest BCUT2D eigenvalue weighted by Crippen LogP contribution is 2.44. The molecule has 2 saturated heterocycles. The van der Waals surface area contributed by atoms with Crippen LogP contribution in [0.5, 0.6) is 0 Å². The van der Waals surface area contributed by atoms with Crippen LogP contribution in [-0.2, 0) is 11.8 Å². The molecule has 7 rings (SSSR count). The number of rotatable bonds is 4. The third kappa shape index (κ3) is 3.88. The van der Waals surface area contributed by atoms with Crippen LogP contribution in [0.15, 0.2) is 35.5 Å². The molecule has 1 aromatic carbocycles. The SMILES string of the molecule is CNc1cc(F)c(F)c2c1[nH]c1ncc(-c3cnc4c(c3)c(=O)c(C(O)O)cn4C)c(N3C[C@@H]4OCCN(C)[C@@H]4C3)c12.